The van der Waals surface area contributed by atoms with Crippen LogP contribution in [-0.4, -0.2) is 20.1 Å². The zero-order valence-electron chi connectivity index (χ0n) is 9.85. The van der Waals surface area contributed by atoms with Crippen LogP contribution in [0.2, 0.25) is 0 Å². The summed E-state index contributed by atoms with van der Waals surface area (Å²) in [6.07, 6.45) is 2.36. The lowest BCUT2D eigenvalue weighted by atomic mass is 10.4. The molecule has 2 heterocycles. The van der Waals surface area contributed by atoms with Gasteiger partial charge in [0, 0.05) is 18.9 Å². The van der Waals surface area contributed by atoms with E-state index < -0.39 is 0 Å². The lowest BCUT2D eigenvalue weighted by Crippen LogP contribution is -2.05. The molecule has 0 spiro atoms. The van der Waals surface area contributed by atoms with E-state index in [4.69, 9.17) is 4.52 Å². The van der Waals surface area contributed by atoms with Gasteiger partial charge >= 0.3 is 0 Å². The van der Waals surface area contributed by atoms with Crippen LogP contribution in [0.3, 0.4) is 0 Å². The fourth-order valence-electron chi connectivity index (χ4n) is 1.63. The molecule has 1 fully saturated rings. The van der Waals surface area contributed by atoms with Crippen molar-refractivity contribution in [3.05, 3.63) is 28.2 Å². The third-order valence-electron chi connectivity index (χ3n) is 2.65. The number of rotatable bonds is 4. The Morgan fingerprint density at radius 2 is 2.22 bits per heavy atom. The number of aromatic nitrogens is 4. The summed E-state index contributed by atoms with van der Waals surface area (Å²) in [6, 6.07) is 1.85. The molecule has 0 radical (unpaired) electrons. The molecule has 2 aromatic heterocycles. The van der Waals surface area contributed by atoms with Crippen LogP contribution < -0.4 is 5.32 Å². The van der Waals surface area contributed by atoms with E-state index in [1.807, 2.05) is 6.07 Å². The van der Waals surface area contributed by atoms with Crippen molar-refractivity contribution in [3.8, 4) is 0 Å². The minimum Gasteiger partial charge on any atom is -0.362 e. The normalized spacial score (nSPS) is 14.8. The first-order chi connectivity index (χ1) is 8.70. The van der Waals surface area contributed by atoms with Crippen LogP contribution in [0.1, 0.15) is 36.3 Å². The van der Waals surface area contributed by atoms with Crippen molar-refractivity contribution in [3.63, 3.8) is 0 Å². The first-order valence-electron chi connectivity index (χ1n) is 5.78. The number of nitrogens with one attached hydrogen (secondary N) is 1. The molecule has 0 bridgehead atoms. The number of aryl methyl sites for hydroxylation is 1. The van der Waals surface area contributed by atoms with E-state index in [0.717, 1.165) is 16.2 Å². The molecule has 7 heteroatoms. The van der Waals surface area contributed by atoms with Gasteiger partial charge in [0.2, 0.25) is 5.89 Å². The summed E-state index contributed by atoms with van der Waals surface area (Å²) >= 11 is 3.40. The van der Waals surface area contributed by atoms with Crippen molar-refractivity contribution < 1.29 is 4.52 Å². The molecule has 18 heavy (non-hydrogen) atoms. The minimum atomic E-state index is 0.491. The van der Waals surface area contributed by atoms with Crippen LogP contribution in [-0.2, 0) is 6.54 Å². The number of hydrogen-bond donors (Lipinski definition) is 1. The van der Waals surface area contributed by atoms with Crippen molar-refractivity contribution in [2.24, 2.45) is 0 Å². The van der Waals surface area contributed by atoms with Gasteiger partial charge < -0.3 is 9.84 Å². The lowest BCUT2D eigenvalue weighted by molar-refractivity contribution is 0.388. The van der Waals surface area contributed by atoms with Gasteiger partial charge in [0.05, 0.1) is 6.54 Å². The maximum Gasteiger partial charge on any atom is 0.223 e. The fourth-order valence-corrected chi connectivity index (χ4v) is 2.03. The first-order valence-corrected chi connectivity index (χ1v) is 6.57. The minimum absolute atomic E-state index is 0.491. The topological polar surface area (TPSA) is 76.7 Å². The average molecular weight is 310 g/mol. The van der Waals surface area contributed by atoms with Crippen molar-refractivity contribution in [2.45, 2.75) is 32.2 Å². The zero-order chi connectivity index (χ0) is 12.5. The Kier molecular flexibility index (Phi) is 2.99. The molecule has 94 valence electrons. The highest BCUT2D eigenvalue weighted by Gasteiger charge is 2.27. The molecular formula is C11H12BrN5O. The Morgan fingerprint density at radius 3 is 2.89 bits per heavy atom. The van der Waals surface area contributed by atoms with Crippen LogP contribution in [0.5, 0.6) is 0 Å². The number of hydrogen-bond acceptors (Lipinski definition) is 6. The molecule has 1 aliphatic rings. The predicted octanol–water partition coefficient (Wildman–Crippen LogP) is 2.42. The number of nitrogens with zero attached hydrogens (tertiary/aromatic N) is 4. The van der Waals surface area contributed by atoms with Gasteiger partial charge in [-0.05, 0) is 28.8 Å². The van der Waals surface area contributed by atoms with Crippen LogP contribution in [0.15, 0.2) is 15.2 Å². The molecule has 1 saturated carbocycles. The zero-order valence-corrected chi connectivity index (χ0v) is 11.4. The molecule has 0 aromatic carbocycles. The number of halogens is 1. The van der Waals surface area contributed by atoms with E-state index in [1.165, 1.54) is 12.8 Å². The summed E-state index contributed by atoms with van der Waals surface area (Å²) in [5, 5.41) is 6.99. The summed E-state index contributed by atoms with van der Waals surface area (Å²) in [4.78, 5) is 13.0. The van der Waals surface area contributed by atoms with E-state index in [-0.39, 0.29) is 0 Å². The maximum absolute atomic E-state index is 4.91. The second-order valence-corrected chi connectivity index (χ2v) is 5.10. The summed E-state index contributed by atoms with van der Waals surface area (Å²) in [7, 11) is 0. The summed E-state index contributed by atoms with van der Waals surface area (Å²) in [6.45, 7) is 2.26. The Morgan fingerprint density at radius 1 is 1.39 bits per heavy atom. The largest absolute Gasteiger partial charge is 0.362 e. The Labute approximate surface area is 112 Å². The highest BCUT2D eigenvalue weighted by molar-refractivity contribution is 9.10. The first kappa shape index (κ1) is 11.6. The van der Waals surface area contributed by atoms with Crippen LogP contribution in [0, 0.1) is 6.92 Å². The number of anilines is 1. The predicted molar refractivity (Wildman–Crippen MR) is 68.1 cm³/mol. The molecule has 1 aliphatic carbocycles. The Hall–Kier alpha value is -1.50. The van der Waals surface area contributed by atoms with Gasteiger partial charge in [-0.15, -0.1) is 0 Å². The van der Waals surface area contributed by atoms with Crippen LogP contribution >= 0.6 is 15.9 Å². The standard InChI is InChI=1S/C11H12BrN5O/c1-6-14-10(17-18-6)5-13-9-4-8(12)15-11(16-9)7-2-3-7/h4,7H,2-3,5H2,1H3,(H,13,15,16). The highest BCUT2D eigenvalue weighted by Crippen LogP contribution is 2.38. The molecule has 3 rings (SSSR count). The molecule has 2 aromatic rings. The molecule has 0 amide bonds. The Balaban J connectivity index is 1.71. The second kappa shape index (κ2) is 4.64. The van der Waals surface area contributed by atoms with Gasteiger partial charge in [0.15, 0.2) is 5.82 Å². The van der Waals surface area contributed by atoms with Gasteiger partial charge in [-0.1, -0.05) is 5.16 Å². The molecule has 0 unspecified atom stereocenters. The van der Waals surface area contributed by atoms with Crippen molar-refractivity contribution >= 4 is 21.7 Å². The monoisotopic (exact) mass is 309 g/mol. The van der Waals surface area contributed by atoms with Crippen LogP contribution in [0.4, 0.5) is 5.82 Å². The molecule has 0 atom stereocenters. The van der Waals surface area contributed by atoms with Gasteiger partial charge in [0.25, 0.3) is 0 Å². The van der Waals surface area contributed by atoms with E-state index in [9.17, 15) is 0 Å². The van der Waals surface area contributed by atoms with Crippen LogP contribution in [0.25, 0.3) is 0 Å². The third kappa shape index (κ3) is 2.66. The lowest BCUT2D eigenvalue weighted by Gasteiger charge is -2.05. The second-order valence-electron chi connectivity index (χ2n) is 4.29. The molecular weight excluding hydrogens is 298 g/mol. The van der Waals surface area contributed by atoms with Gasteiger partial charge in [-0.25, -0.2) is 9.97 Å². The molecule has 6 nitrogen and oxygen atoms in total. The molecule has 0 aliphatic heterocycles. The van der Waals surface area contributed by atoms with E-state index in [1.54, 1.807) is 6.92 Å². The van der Waals surface area contributed by atoms with Crippen molar-refractivity contribution in [2.75, 3.05) is 5.32 Å². The SMILES string of the molecule is Cc1nc(CNc2cc(Br)nc(C3CC3)n2)no1. The van der Waals surface area contributed by atoms with E-state index in [0.29, 0.717) is 24.2 Å². The smallest absolute Gasteiger partial charge is 0.223 e. The van der Waals surface area contributed by atoms with E-state index in [2.05, 4.69) is 41.4 Å². The summed E-state index contributed by atoms with van der Waals surface area (Å²) in [5.74, 6) is 3.39. The van der Waals surface area contributed by atoms with Gasteiger partial charge in [-0.2, -0.15) is 4.98 Å². The van der Waals surface area contributed by atoms with Crippen molar-refractivity contribution in [1.29, 1.82) is 0 Å². The average Bonchev–Trinajstić information content (AvgIpc) is 3.10. The quantitative estimate of drug-likeness (QED) is 0.874. The van der Waals surface area contributed by atoms with Gasteiger partial charge in [-0.3, -0.25) is 0 Å². The summed E-state index contributed by atoms with van der Waals surface area (Å²) in [5.41, 5.74) is 0. The van der Waals surface area contributed by atoms with Gasteiger partial charge in [0.1, 0.15) is 16.2 Å². The maximum atomic E-state index is 4.91. The fraction of sp³-hybridized carbons (Fsp3) is 0.455. The summed E-state index contributed by atoms with van der Waals surface area (Å²) < 4.78 is 5.70. The van der Waals surface area contributed by atoms with E-state index >= 15 is 0 Å². The molecule has 0 saturated heterocycles. The Bertz CT molecular complexity index is 566. The molecule has 1 N–H and O–H groups in total. The highest BCUT2D eigenvalue weighted by atomic mass is 79.9. The third-order valence-corrected chi connectivity index (χ3v) is 3.06. The van der Waals surface area contributed by atoms with Crippen molar-refractivity contribution in [1.82, 2.24) is 20.1 Å².